The number of aryl methyl sites for hydroxylation is 3. The Hall–Kier alpha value is -1.69. The van der Waals surface area contributed by atoms with Crippen LogP contribution in [0.25, 0.3) is 0 Å². The van der Waals surface area contributed by atoms with Crippen LogP contribution in [0.4, 0.5) is 5.95 Å². The Morgan fingerprint density at radius 2 is 2.00 bits per heavy atom. The van der Waals surface area contributed by atoms with E-state index < -0.39 is 0 Å². The smallest absolute Gasteiger partial charge is 0.226 e. The van der Waals surface area contributed by atoms with Crippen molar-refractivity contribution in [2.45, 2.75) is 47.1 Å². The lowest BCUT2D eigenvalue weighted by Crippen LogP contribution is -2.10. The molecule has 0 saturated heterocycles. The molecule has 0 aliphatic heterocycles. The first-order chi connectivity index (χ1) is 9.99. The maximum absolute atomic E-state index is 5.59. The van der Waals surface area contributed by atoms with Crippen LogP contribution in [0.2, 0.25) is 0 Å². The van der Waals surface area contributed by atoms with Gasteiger partial charge in [0.2, 0.25) is 11.8 Å². The van der Waals surface area contributed by atoms with Gasteiger partial charge in [-0.05, 0) is 34.1 Å². The van der Waals surface area contributed by atoms with Crippen molar-refractivity contribution >= 4 is 17.3 Å². The average Bonchev–Trinajstić information content (AvgIpc) is 2.75. The molecular formula is C15H22N4OS. The van der Waals surface area contributed by atoms with Crippen molar-refractivity contribution in [3.8, 4) is 5.88 Å². The molecule has 0 aromatic carbocycles. The van der Waals surface area contributed by atoms with Crippen molar-refractivity contribution in [1.82, 2.24) is 15.0 Å². The van der Waals surface area contributed by atoms with Gasteiger partial charge in [-0.1, -0.05) is 6.92 Å². The second-order valence-electron chi connectivity index (χ2n) is 5.07. The van der Waals surface area contributed by atoms with Crippen molar-refractivity contribution in [1.29, 1.82) is 0 Å². The van der Waals surface area contributed by atoms with Crippen LogP contribution < -0.4 is 10.1 Å². The highest BCUT2D eigenvalue weighted by atomic mass is 32.1. The van der Waals surface area contributed by atoms with Crippen LogP contribution in [0, 0.1) is 20.8 Å². The Morgan fingerprint density at radius 1 is 1.24 bits per heavy atom. The van der Waals surface area contributed by atoms with Gasteiger partial charge in [-0.25, -0.2) is 9.97 Å². The molecule has 0 spiro atoms. The number of thiazole rings is 1. The first-order valence-electron chi connectivity index (χ1n) is 7.18. The molecule has 0 bridgehead atoms. The van der Waals surface area contributed by atoms with Crippen molar-refractivity contribution in [3.05, 3.63) is 27.3 Å². The molecule has 0 radical (unpaired) electrons. The molecule has 0 fully saturated rings. The van der Waals surface area contributed by atoms with E-state index in [1.807, 2.05) is 26.8 Å². The number of rotatable bonds is 6. The van der Waals surface area contributed by atoms with E-state index in [-0.39, 0.29) is 6.04 Å². The van der Waals surface area contributed by atoms with Crippen LogP contribution in [-0.4, -0.2) is 21.6 Å². The maximum atomic E-state index is 5.59. The molecule has 0 aliphatic carbocycles. The zero-order chi connectivity index (χ0) is 15.4. The quantitative estimate of drug-likeness (QED) is 0.879. The summed E-state index contributed by atoms with van der Waals surface area (Å²) >= 11 is 1.70. The van der Waals surface area contributed by atoms with Gasteiger partial charge in [0.25, 0.3) is 0 Å². The largest absolute Gasteiger partial charge is 0.478 e. The summed E-state index contributed by atoms with van der Waals surface area (Å²) in [5.74, 6) is 1.22. The number of nitrogens with one attached hydrogen (secondary N) is 1. The number of hydrogen-bond acceptors (Lipinski definition) is 6. The minimum atomic E-state index is 0.122. The minimum absolute atomic E-state index is 0.122. The molecule has 21 heavy (non-hydrogen) atoms. The lowest BCUT2D eigenvalue weighted by molar-refractivity contribution is 0.305. The fourth-order valence-electron chi connectivity index (χ4n) is 2.09. The molecule has 1 atom stereocenters. The van der Waals surface area contributed by atoms with E-state index in [4.69, 9.17) is 4.74 Å². The molecular weight excluding hydrogens is 284 g/mol. The zero-order valence-electron chi connectivity index (χ0n) is 13.2. The lowest BCUT2D eigenvalue weighted by atomic mass is 10.2. The van der Waals surface area contributed by atoms with Crippen molar-refractivity contribution in [3.63, 3.8) is 0 Å². The molecule has 0 amide bonds. The predicted molar refractivity (Wildman–Crippen MR) is 86.2 cm³/mol. The number of anilines is 1. The molecule has 2 heterocycles. The summed E-state index contributed by atoms with van der Waals surface area (Å²) in [4.78, 5) is 14.5. The van der Waals surface area contributed by atoms with Gasteiger partial charge in [-0.3, -0.25) is 0 Å². The Morgan fingerprint density at radius 3 is 2.62 bits per heavy atom. The highest BCUT2D eigenvalue weighted by Gasteiger charge is 2.14. The fraction of sp³-hybridized carbons (Fsp3) is 0.533. The van der Waals surface area contributed by atoms with E-state index in [9.17, 15) is 0 Å². The van der Waals surface area contributed by atoms with Crippen LogP contribution in [-0.2, 0) is 0 Å². The van der Waals surface area contributed by atoms with Crippen LogP contribution in [0.1, 0.15) is 47.6 Å². The molecule has 114 valence electrons. The molecule has 6 heteroatoms. The van der Waals surface area contributed by atoms with Crippen LogP contribution in [0.3, 0.4) is 0 Å². The van der Waals surface area contributed by atoms with E-state index in [1.54, 1.807) is 11.3 Å². The summed E-state index contributed by atoms with van der Waals surface area (Å²) < 4.78 is 5.59. The monoisotopic (exact) mass is 306 g/mol. The number of nitrogens with zero attached hydrogens (tertiary/aromatic N) is 3. The first kappa shape index (κ1) is 15.7. The van der Waals surface area contributed by atoms with Gasteiger partial charge >= 0.3 is 0 Å². The standard InChI is InChI=1S/C15H22N4OS/c1-6-7-20-13-8-9(2)16-15(19-13)18-11(4)14-10(3)17-12(5)21-14/h8,11H,6-7H2,1-5H3,(H,16,18,19). The second-order valence-corrected chi connectivity index (χ2v) is 6.30. The molecule has 5 nitrogen and oxygen atoms in total. The number of hydrogen-bond donors (Lipinski definition) is 1. The zero-order valence-corrected chi connectivity index (χ0v) is 14.0. The van der Waals surface area contributed by atoms with Gasteiger partial charge in [0.05, 0.1) is 23.4 Å². The third-order valence-electron chi connectivity index (χ3n) is 2.96. The topological polar surface area (TPSA) is 59.9 Å². The minimum Gasteiger partial charge on any atom is -0.478 e. The van der Waals surface area contributed by atoms with Gasteiger partial charge in [-0.15, -0.1) is 11.3 Å². The molecule has 0 aliphatic rings. The van der Waals surface area contributed by atoms with E-state index in [0.29, 0.717) is 18.4 Å². The van der Waals surface area contributed by atoms with Crippen LogP contribution in [0.15, 0.2) is 6.07 Å². The maximum Gasteiger partial charge on any atom is 0.226 e. The molecule has 2 aromatic rings. The summed E-state index contributed by atoms with van der Waals surface area (Å²) in [7, 11) is 0. The van der Waals surface area contributed by atoms with Gasteiger partial charge < -0.3 is 10.1 Å². The Kier molecular flexibility index (Phi) is 5.12. The first-order valence-corrected chi connectivity index (χ1v) is 8.00. The number of aromatic nitrogens is 3. The fourth-order valence-corrected chi connectivity index (χ4v) is 3.02. The number of ether oxygens (including phenoxy) is 1. The predicted octanol–water partition coefficient (Wildman–Crippen LogP) is 3.82. The second kappa shape index (κ2) is 6.85. The Bertz CT molecular complexity index is 612. The third-order valence-corrected chi connectivity index (χ3v) is 4.22. The Balaban J connectivity index is 2.14. The van der Waals surface area contributed by atoms with E-state index >= 15 is 0 Å². The Labute approximate surface area is 129 Å². The summed E-state index contributed by atoms with van der Waals surface area (Å²) in [6, 6.07) is 1.98. The van der Waals surface area contributed by atoms with E-state index in [2.05, 4.69) is 34.1 Å². The summed E-state index contributed by atoms with van der Waals surface area (Å²) in [5, 5.41) is 4.42. The van der Waals surface area contributed by atoms with E-state index in [0.717, 1.165) is 22.8 Å². The third kappa shape index (κ3) is 4.14. The van der Waals surface area contributed by atoms with E-state index in [1.165, 1.54) is 4.88 Å². The highest BCUT2D eigenvalue weighted by molar-refractivity contribution is 7.11. The van der Waals surface area contributed by atoms with Crippen LogP contribution in [0.5, 0.6) is 5.88 Å². The summed E-state index contributed by atoms with van der Waals surface area (Å²) in [6.45, 7) is 10.8. The molecule has 2 aromatic heterocycles. The molecule has 2 rings (SSSR count). The van der Waals surface area contributed by atoms with Crippen molar-refractivity contribution < 1.29 is 4.74 Å². The summed E-state index contributed by atoms with van der Waals surface area (Å²) in [6.07, 6.45) is 0.960. The van der Waals surface area contributed by atoms with Crippen LogP contribution >= 0.6 is 11.3 Å². The molecule has 1 N–H and O–H groups in total. The lowest BCUT2D eigenvalue weighted by Gasteiger charge is -2.14. The average molecular weight is 306 g/mol. The van der Waals surface area contributed by atoms with Gasteiger partial charge in [-0.2, -0.15) is 4.98 Å². The normalized spacial score (nSPS) is 12.2. The van der Waals surface area contributed by atoms with Crippen molar-refractivity contribution in [2.24, 2.45) is 0 Å². The SMILES string of the molecule is CCCOc1cc(C)nc(NC(C)c2sc(C)nc2C)n1. The highest BCUT2D eigenvalue weighted by Crippen LogP contribution is 2.27. The summed E-state index contributed by atoms with van der Waals surface area (Å²) in [5.41, 5.74) is 1.95. The molecule has 1 unspecified atom stereocenters. The van der Waals surface area contributed by atoms with Crippen molar-refractivity contribution in [2.75, 3.05) is 11.9 Å². The van der Waals surface area contributed by atoms with Gasteiger partial charge in [0.1, 0.15) is 0 Å². The van der Waals surface area contributed by atoms with Gasteiger partial charge in [0.15, 0.2) is 0 Å². The van der Waals surface area contributed by atoms with Gasteiger partial charge in [0, 0.05) is 16.6 Å². The molecule has 0 saturated carbocycles.